The Labute approximate surface area is 115 Å². The number of hydrogen-bond donors (Lipinski definition) is 1. The van der Waals surface area contributed by atoms with Gasteiger partial charge >= 0.3 is 0 Å². The van der Waals surface area contributed by atoms with Gasteiger partial charge in [0, 0.05) is 19.8 Å². The quantitative estimate of drug-likeness (QED) is 0.850. The lowest BCUT2D eigenvalue weighted by atomic mass is 9.89. The Morgan fingerprint density at radius 2 is 1.84 bits per heavy atom. The van der Waals surface area contributed by atoms with E-state index in [1.807, 2.05) is 7.05 Å². The Morgan fingerprint density at radius 1 is 1.11 bits per heavy atom. The zero-order chi connectivity index (χ0) is 13.7. The lowest BCUT2D eigenvalue weighted by molar-refractivity contribution is 0.171. The zero-order valence-electron chi connectivity index (χ0n) is 12.0. The molecule has 0 saturated heterocycles. The molecule has 0 aliphatic heterocycles. The predicted octanol–water partition coefficient (Wildman–Crippen LogP) is 3.77. The van der Waals surface area contributed by atoms with Crippen molar-refractivity contribution >= 4 is 10.8 Å². The minimum atomic E-state index is 0.362. The predicted molar refractivity (Wildman–Crippen MR) is 81.4 cm³/mol. The van der Waals surface area contributed by atoms with Crippen LogP contribution in [-0.2, 0) is 4.74 Å². The molecule has 0 saturated carbocycles. The van der Waals surface area contributed by atoms with Gasteiger partial charge in [-0.15, -0.1) is 0 Å². The van der Waals surface area contributed by atoms with Crippen LogP contribution in [0.1, 0.15) is 24.9 Å². The van der Waals surface area contributed by atoms with E-state index >= 15 is 0 Å². The van der Waals surface area contributed by atoms with Gasteiger partial charge < -0.3 is 10.1 Å². The molecule has 0 radical (unpaired) electrons. The third kappa shape index (κ3) is 3.14. The molecule has 1 N–H and O–H groups in total. The standard InChI is InChI=1S/C17H23NO/c1-13(11-12-19-3)17(18-2)16-10-6-8-14-7-4-5-9-15(14)16/h4-10,13,17-18H,11-12H2,1-3H3. The molecule has 2 rings (SSSR count). The summed E-state index contributed by atoms with van der Waals surface area (Å²) < 4.78 is 5.20. The lowest BCUT2D eigenvalue weighted by Crippen LogP contribution is -2.24. The van der Waals surface area contributed by atoms with Gasteiger partial charge in [-0.05, 0) is 35.7 Å². The molecule has 0 spiro atoms. The van der Waals surface area contributed by atoms with E-state index in [1.54, 1.807) is 7.11 Å². The van der Waals surface area contributed by atoms with Gasteiger partial charge in [0.2, 0.25) is 0 Å². The van der Waals surface area contributed by atoms with Crippen molar-refractivity contribution in [3.05, 3.63) is 48.0 Å². The van der Waals surface area contributed by atoms with E-state index in [-0.39, 0.29) is 0 Å². The molecule has 0 amide bonds. The first-order valence-electron chi connectivity index (χ1n) is 6.91. The molecule has 2 atom stereocenters. The monoisotopic (exact) mass is 257 g/mol. The summed E-state index contributed by atoms with van der Waals surface area (Å²) in [5.41, 5.74) is 1.38. The van der Waals surface area contributed by atoms with E-state index < -0.39 is 0 Å². The molecule has 102 valence electrons. The van der Waals surface area contributed by atoms with Gasteiger partial charge in [-0.2, -0.15) is 0 Å². The van der Waals surface area contributed by atoms with E-state index in [2.05, 4.69) is 54.7 Å². The van der Waals surface area contributed by atoms with Crippen molar-refractivity contribution in [1.29, 1.82) is 0 Å². The maximum atomic E-state index is 5.20. The van der Waals surface area contributed by atoms with Crippen molar-refractivity contribution in [2.75, 3.05) is 20.8 Å². The first-order valence-corrected chi connectivity index (χ1v) is 6.91. The lowest BCUT2D eigenvalue weighted by Gasteiger charge is -2.25. The number of rotatable bonds is 6. The third-order valence-electron chi connectivity index (χ3n) is 3.82. The number of methoxy groups -OCH3 is 1. The van der Waals surface area contributed by atoms with E-state index in [0.717, 1.165) is 13.0 Å². The molecule has 2 heteroatoms. The summed E-state index contributed by atoms with van der Waals surface area (Å²) in [4.78, 5) is 0. The van der Waals surface area contributed by atoms with E-state index in [9.17, 15) is 0 Å². The highest BCUT2D eigenvalue weighted by molar-refractivity contribution is 5.86. The number of hydrogen-bond acceptors (Lipinski definition) is 2. The molecule has 2 aromatic rings. The summed E-state index contributed by atoms with van der Waals surface area (Å²) in [7, 11) is 3.80. The highest BCUT2D eigenvalue weighted by Crippen LogP contribution is 2.30. The molecular formula is C17H23NO. The summed E-state index contributed by atoms with van der Waals surface area (Å²) >= 11 is 0. The van der Waals surface area contributed by atoms with E-state index in [4.69, 9.17) is 4.74 Å². The number of nitrogens with one attached hydrogen (secondary N) is 1. The summed E-state index contributed by atoms with van der Waals surface area (Å²) in [6, 6.07) is 15.5. The molecule has 0 aliphatic rings. The minimum absolute atomic E-state index is 0.362. The topological polar surface area (TPSA) is 21.3 Å². The molecule has 0 aromatic heterocycles. The van der Waals surface area contributed by atoms with Gasteiger partial charge in [0.1, 0.15) is 0 Å². The molecular weight excluding hydrogens is 234 g/mol. The minimum Gasteiger partial charge on any atom is -0.385 e. The second kappa shape index (κ2) is 6.69. The Bertz CT molecular complexity index is 518. The largest absolute Gasteiger partial charge is 0.385 e. The van der Waals surface area contributed by atoms with Crippen LogP contribution in [0.3, 0.4) is 0 Å². The van der Waals surface area contributed by atoms with Crippen molar-refractivity contribution in [2.24, 2.45) is 5.92 Å². The van der Waals surface area contributed by atoms with Crippen LogP contribution in [0.2, 0.25) is 0 Å². The second-order valence-electron chi connectivity index (χ2n) is 5.09. The summed E-state index contributed by atoms with van der Waals surface area (Å²) in [6.45, 7) is 3.09. The number of fused-ring (bicyclic) bond motifs is 1. The van der Waals surface area contributed by atoms with Crippen LogP contribution in [0.25, 0.3) is 10.8 Å². The van der Waals surface area contributed by atoms with Crippen LogP contribution < -0.4 is 5.32 Å². The fourth-order valence-corrected chi connectivity index (χ4v) is 2.74. The van der Waals surface area contributed by atoms with Crippen LogP contribution >= 0.6 is 0 Å². The van der Waals surface area contributed by atoms with Crippen LogP contribution in [0, 0.1) is 5.92 Å². The van der Waals surface area contributed by atoms with E-state index in [0.29, 0.717) is 12.0 Å². The molecule has 0 fully saturated rings. The first kappa shape index (κ1) is 14.0. The van der Waals surface area contributed by atoms with Crippen LogP contribution in [0.4, 0.5) is 0 Å². The Kier molecular flexibility index (Phi) is 4.94. The smallest absolute Gasteiger partial charge is 0.0465 e. The van der Waals surface area contributed by atoms with Crippen LogP contribution in [0.5, 0.6) is 0 Å². The molecule has 2 aromatic carbocycles. The number of benzene rings is 2. The van der Waals surface area contributed by atoms with Gasteiger partial charge in [-0.25, -0.2) is 0 Å². The number of ether oxygens (including phenoxy) is 1. The Morgan fingerprint density at radius 3 is 2.58 bits per heavy atom. The fourth-order valence-electron chi connectivity index (χ4n) is 2.74. The van der Waals surface area contributed by atoms with Crippen molar-refractivity contribution in [3.63, 3.8) is 0 Å². The Hall–Kier alpha value is -1.38. The SMILES string of the molecule is CNC(c1cccc2ccccc12)C(C)CCOC. The molecule has 2 nitrogen and oxygen atoms in total. The first-order chi connectivity index (χ1) is 9.27. The third-order valence-corrected chi connectivity index (χ3v) is 3.82. The Balaban J connectivity index is 2.35. The van der Waals surface area contributed by atoms with Gasteiger partial charge in [0.15, 0.2) is 0 Å². The summed E-state index contributed by atoms with van der Waals surface area (Å²) in [5, 5.41) is 6.11. The maximum Gasteiger partial charge on any atom is 0.0465 e. The average molecular weight is 257 g/mol. The van der Waals surface area contributed by atoms with Gasteiger partial charge in [-0.3, -0.25) is 0 Å². The van der Waals surface area contributed by atoms with E-state index in [1.165, 1.54) is 16.3 Å². The van der Waals surface area contributed by atoms with Crippen molar-refractivity contribution in [3.8, 4) is 0 Å². The maximum absolute atomic E-state index is 5.20. The van der Waals surface area contributed by atoms with Crippen molar-refractivity contribution in [1.82, 2.24) is 5.32 Å². The van der Waals surface area contributed by atoms with Crippen molar-refractivity contribution in [2.45, 2.75) is 19.4 Å². The van der Waals surface area contributed by atoms with Crippen LogP contribution in [0.15, 0.2) is 42.5 Å². The molecule has 0 heterocycles. The van der Waals surface area contributed by atoms with Crippen LogP contribution in [-0.4, -0.2) is 20.8 Å². The molecule has 0 bridgehead atoms. The normalized spacial score (nSPS) is 14.5. The summed E-state index contributed by atoms with van der Waals surface area (Å²) in [5.74, 6) is 0.538. The zero-order valence-corrected chi connectivity index (χ0v) is 12.0. The van der Waals surface area contributed by atoms with Gasteiger partial charge in [0.25, 0.3) is 0 Å². The van der Waals surface area contributed by atoms with Gasteiger partial charge in [0.05, 0.1) is 0 Å². The highest BCUT2D eigenvalue weighted by atomic mass is 16.5. The second-order valence-corrected chi connectivity index (χ2v) is 5.09. The molecule has 19 heavy (non-hydrogen) atoms. The average Bonchev–Trinajstić information content (AvgIpc) is 2.46. The molecule has 0 aliphatic carbocycles. The van der Waals surface area contributed by atoms with Gasteiger partial charge in [-0.1, -0.05) is 49.4 Å². The molecule has 2 unspecified atom stereocenters. The fraction of sp³-hybridized carbons (Fsp3) is 0.412. The van der Waals surface area contributed by atoms with Crippen molar-refractivity contribution < 1.29 is 4.74 Å². The highest BCUT2D eigenvalue weighted by Gasteiger charge is 2.19. The summed E-state index contributed by atoms with van der Waals surface area (Å²) in [6.07, 6.45) is 1.06.